The minimum atomic E-state index is -0.567. The molecule has 0 amide bonds. The van der Waals surface area contributed by atoms with Crippen LogP contribution in [0.4, 0.5) is 0 Å². The third kappa shape index (κ3) is 2.35. The Balaban J connectivity index is 1.95. The zero-order chi connectivity index (χ0) is 13.2. The van der Waals surface area contributed by atoms with Crippen molar-refractivity contribution in [3.8, 4) is 0 Å². The molecule has 96 valence electrons. The molecule has 4 heteroatoms. The zero-order valence-corrected chi connectivity index (χ0v) is 10.7. The quantitative estimate of drug-likeness (QED) is 0.779. The lowest BCUT2D eigenvalue weighted by Crippen LogP contribution is -2.03. The first-order valence-corrected chi connectivity index (χ1v) is 6.25. The van der Waals surface area contributed by atoms with Crippen LogP contribution in [0.3, 0.4) is 0 Å². The Kier molecular flexibility index (Phi) is 3.01. The van der Waals surface area contributed by atoms with E-state index in [0.29, 0.717) is 6.42 Å². The average Bonchev–Trinajstić information content (AvgIpc) is 2.83. The Morgan fingerprint density at radius 2 is 1.95 bits per heavy atom. The molecule has 0 fully saturated rings. The number of hydrogen-bond acceptors (Lipinski definition) is 3. The summed E-state index contributed by atoms with van der Waals surface area (Å²) in [5.41, 5.74) is 1.73. The second-order valence-electron chi connectivity index (χ2n) is 4.67. The molecule has 1 aromatic heterocycles. The van der Waals surface area contributed by atoms with Crippen molar-refractivity contribution in [2.45, 2.75) is 12.5 Å². The second kappa shape index (κ2) is 4.82. The summed E-state index contributed by atoms with van der Waals surface area (Å²) >= 11 is 0. The van der Waals surface area contributed by atoms with E-state index in [1.807, 2.05) is 55.7 Å². The lowest BCUT2D eigenvalue weighted by Gasteiger charge is -2.12. The van der Waals surface area contributed by atoms with Gasteiger partial charge in [0.25, 0.3) is 0 Å². The van der Waals surface area contributed by atoms with Gasteiger partial charge in [-0.3, -0.25) is 4.68 Å². The summed E-state index contributed by atoms with van der Waals surface area (Å²) in [7, 11) is 1.82. The summed E-state index contributed by atoms with van der Waals surface area (Å²) in [5.74, 6) is 0. The molecule has 1 N–H and O–H groups in total. The van der Waals surface area contributed by atoms with Gasteiger partial charge >= 0.3 is 0 Å². The van der Waals surface area contributed by atoms with Gasteiger partial charge in [-0.1, -0.05) is 47.7 Å². The molecule has 0 aliphatic carbocycles. The molecule has 0 saturated heterocycles. The molecule has 0 aliphatic rings. The van der Waals surface area contributed by atoms with E-state index < -0.39 is 6.10 Å². The Labute approximate surface area is 111 Å². The van der Waals surface area contributed by atoms with E-state index in [0.717, 1.165) is 22.0 Å². The van der Waals surface area contributed by atoms with Crippen LogP contribution in [0.15, 0.2) is 48.7 Å². The highest BCUT2D eigenvalue weighted by atomic mass is 16.3. The van der Waals surface area contributed by atoms with E-state index in [2.05, 4.69) is 10.3 Å². The van der Waals surface area contributed by atoms with Gasteiger partial charge in [0.15, 0.2) is 0 Å². The van der Waals surface area contributed by atoms with Crippen LogP contribution in [0, 0.1) is 0 Å². The van der Waals surface area contributed by atoms with E-state index in [1.165, 1.54) is 0 Å². The smallest absolute Gasteiger partial charge is 0.0856 e. The van der Waals surface area contributed by atoms with Crippen LogP contribution in [0.5, 0.6) is 0 Å². The SMILES string of the molecule is Cn1cc(CC(O)c2cccc3ccccc23)nn1. The number of aliphatic hydroxyl groups is 1. The molecule has 3 rings (SSSR count). The van der Waals surface area contributed by atoms with E-state index >= 15 is 0 Å². The van der Waals surface area contributed by atoms with Gasteiger partial charge in [0.1, 0.15) is 0 Å². The summed E-state index contributed by atoms with van der Waals surface area (Å²) < 4.78 is 1.64. The average molecular weight is 253 g/mol. The molecule has 2 aromatic carbocycles. The van der Waals surface area contributed by atoms with Crippen molar-refractivity contribution in [2.75, 3.05) is 0 Å². The van der Waals surface area contributed by atoms with Gasteiger partial charge in [-0.2, -0.15) is 0 Å². The van der Waals surface area contributed by atoms with Crippen LogP contribution in [-0.4, -0.2) is 20.1 Å². The maximum Gasteiger partial charge on any atom is 0.0856 e. The summed E-state index contributed by atoms with van der Waals surface area (Å²) in [4.78, 5) is 0. The van der Waals surface area contributed by atoms with Gasteiger partial charge in [-0.15, -0.1) is 5.10 Å². The Hall–Kier alpha value is -2.20. The van der Waals surface area contributed by atoms with Crippen LogP contribution in [0.1, 0.15) is 17.4 Å². The van der Waals surface area contributed by atoms with Crippen molar-refractivity contribution >= 4 is 10.8 Å². The first-order valence-electron chi connectivity index (χ1n) is 6.25. The monoisotopic (exact) mass is 253 g/mol. The topological polar surface area (TPSA) is 50.9 Å². The highest BCUT2D eigenvalue weighted by molar-refractivity contribution is 5.85. The molecule has 4 nitrogen and oxygen atoms in total. The number of benzene rings is 2. The van der Waals surface area contributed by atoms with Gasteiger partial charge in [-0.05, 0) is 16.3 Å². The van der Waals surface area contributed by atoms with Crippen molar-refractivity contribution in [2.24, 2.45) is 7.05 Å². The number of aromatic nitrogens is 3. The van der Waals surface area contributed by atoms with Gasteiger partial charge < -0.3 is 5.11 Å². The van der Waals surface area contributed by atoms with Gasteiger partial charge in [0.05, 0.1) is 11.8 Å². The van der Waals surface area contributed by atoms with Gasteiger partial charge in [0.2, 0.25) is 0 Å². The van der Waals surface area contributed by atoms with E-state index in [9.17, 15) is 5.11 Å². The van der Waals surface area contributed by atoms with E-state index in [-0.39, 0.29) is 0 Å². The maximum absolute atomic E-state index is 10.4. The van der Waals surface area contributed by atoms with E-state index in [4.69, 9.17) is 0 Å². The second-order valence-corrected chi connectivity index (χ2v) is 4.67. The highest BCUT2D eigenvalue weighted by Gasteiger charge is 2.13. The summed E-state index contributed by atoms with van der Waals surface area (Å²) in [6.45, 7) is 0. The van der Waals surface area contributed by atoms with Crippen LogP contribution in [0.25, 0.3) is 10.8 Å². The van der Waals surface area contributed by atoms with Crippen LogP contribution >= 0.6 is 0 Å². The van der Waals surface area contributed by atoms with Crippen molar-refractivity contribution in [3.63, 3.8) is 0 Å². The molecule has 3 aromatic rings. The first-order chi connectivity index (χ1) is 9.24. The van der Waals surface area contributed by atoms with Crippen LogP contribution in [0.2, 0.25) is 0 Å². The zero-order valence-electron chi connectivity index (χ0n) is 10.7. The molecule has 0 saturated carbocycles. The summed E-state index contributed by atoms with van der Waals surface area (Å²) in [6, 6.07) is 14.1. The molecule has 1 unspecified atom stereocenters. The molecule has 19 heavy (non-hydrogen) atoms. The summed E-state index contributed by atoms with van der Waals surface area (Å²) in [6.07, 6.45) is 1.73. The standard InChI is InChI=1S/C15H15N3O/c1-18-10-12(16-17-18)9-15(19)14-8-4-6-11-5-2-3-7-13(11)14/h2-8,10,15,19H,9H2,1H3. The number of hydrogen-bond donors (Lipinski definition) is 1. The molecule has 1 atom stereocenters. The van der Waals surface area contributed by atoms with E-state index in [1.54, 1.807) is 4.68 Å². The molecule has 1 heterocycles. The normalized spacial score (nSPS) is 12.7. The minimum Gasteiger partial charge on any atom is -0.388 e. The third-order valence-electron chi connectivity index (χ3n) is 3.23. The lowest BCUT2D eigenvalue weighted by molar-refractivity contribution is 0.178. The number of aliphatic hydroxyl groups excluding tert-OH is 1. The largest absolute Gasteiger partial charge is 0.388 e. The molecular weight excluding hydrogens is 238 g/mol. The Morgan fingerprint density at radius 3 is 2.74 bits per heavy atom. The number of nitrogens with zero attached hydrogens (tertiary/aromatic N) is 3. The van der Waals surface area contributed by atoms with Crippen molar-refractivity contribution in [1.82, 2.24) is 15.0 Å². The number of aryl methyl sites for hydroxylation is 1. The minimum absolute atomic E-state index is 0.474. The summed E-state index contributed by atoms with van der Waals surface area (Å²) in [5, 5.41) is 20.5. The number of rotatable bonds is 3. The van der Waals surface area contributed by atoms with Gasteiger partial charge in [-0.25, -0.2) is 0 Å². The lowest BCUT2D eigenvalue weighted by atomic mass is 9.98. The van der Waals surface area contributed by atoms with Crippen molar-refractivity contribution < 1.29 is 5.11 Å². The van der Waals surface area contributed by atoms with Crippen LogP contribution < -0.4 is 0 Å². The molecular formula is C15H15N3O. The predicted molar refractivity (Wildman–Crippen MR) is 73.6 cm³/mol. The Morgan fingerprint density at radius 1 is 1.16 bits per heavy atom. The fraction of sp³-hybridized carbons (Fsp3) is 0.200. The van der Waals surface area contributed by atoms with Crippen LogP contribution in [-0.2, 0) is 13.5 Å². The molecule has 0 radical (unpaired) electrons. The maximum atomic E-state index is 10.4. The fourth-order valence-electron chi connectivity index (χ4n) is 2.34. The number of fused-ring (bicyclic) bond motifs is 1. The van der Waals surface area contributed by atoms with Crippen molar-refractivity contribution in [3.05, 3.63) is 59.9 Å². The molecule has 0 spiro atoms. The predicted octanol–water partition coefficient (Wildman–Crippen LogP) is 2.24. The van der Waals surface area contributed by atoms with Gasteiger partial charge in [0, 0.05) is 19.7 Å². The highest BCUT2D eigenvalue weighted by Crippen LogP contribution is 2.26. The first kappa shape index (κ1) is 11.9. The molecule has 0 aliphatic heterocycles. The van der Waals surface area contributed by atoms with Crippen molar-refractivity contribution in [1.29, 1.82) is 0 Å². The fourth-order valence-corrected chi connectivity index (χ4v) is 2.34. The molecule has 0 bridgehead atoms. The third-order valence-corrected chi connectivity index (χ3v) is 3.23. The Bertz CT molecular complexity index is 700.